The average molecular weight is 236 g/mol. The second kappa shape index (κ2) is 5.96. The van der Waals surface area contributed by atoms with Gasteiger partial charge in [-0.2, -0.15) is 0 Å². The van der Waals surface area contributed by atoms with Crippen LogP contribution in [0.5, 0.6) is 0 Å². The van der Waals surface area contributed by atoms with Gasteiger partial charge in [0.05, 0.1) is 0 Å². The maximum atomic E-state index is 4.40. The van der Waals surface area contributed by atoms with E-state index in [2.05, 4.69) is 54.8 Å². The summed E-state index contributed by atoms with van der Waals surface area (Å²) in [4.78, 5) is 10.8. The molecule has 1 heterocycles. The summed E-state index contributed by atoms with van der Waals surface area (Å²) >= 11 is 0. The van der Waals surface area contributed by atoms with Crippen LogP contribution in [0.25, 0.3) is 0 Å². The molecule has 0 aliphatic carbocycles. The Labute approximate surface area is 104 Å². The highest BCUT2D eigenvalue weighted by Gasteiger charge is 2.13. The van der Waals surface area contributed by atoms with Crippen LogP contribution in [0, 0.1) is 0 Å². The Kier molecular flexibility index (Phi) is 4.87. The van der Waals surface area contributed by atoms with Crippen LogP contribution in [0.3, 0.4) is 0 Å². The first kappa shape index (κ1) is 13.9. The number of nitrogens with one attached hydrogen (secondary N) is 1. The third-order valence-corrected chi connectivity index (χ3v) is 2.64. The first-order chi connectivity index (χ1) is 7.98. The second-order valence-corrected chi connectivity index (χ2v) is 5.15. The number of rotatable bonds is 5. The molecular formula is C13H24N4. The fraction of sp³-hybridized carbons (Fsp3) is 0.692. The van der Waals surface area contributed by atoms with Crippen molar-refractivity contribution in [2.75, 3.05) is 18.0 Å². The number of hydrogen-bond acceptors (Lipinski definition) is 4. The van der Waals surface area contributed by atoms with E-state index in [9.17, 15) is 0 Å². The number of aromatic nitrogens is 2. The van der Waals surface area contributed by atoms with Crippen molar-refractivity contribution in [3.63, 3.8) is 0 Å². The van der Waals surface area contributed by atoms with Gasteiger partial charge < -0.3 is 10.2 Å². The van der Waals surface area contributed by atoms with E-state index in [4.69, 9.17) is 0 Å². The molecule has 0 aliphatic heterocycles. The zero-order valence-corrected chi connectivity index (χ0v) is 11.6. The molecule has 0 aliphatic rings. The summed E-state index contributed by atoms with van der Waals surface area (Å²) in [6.45, 7) is 13.5. The topological polar surface area (TPSA) is 41.1 Å². The summed E-state index contributed by atoms with van der Waals surface area (Å²) in [6, 6.07) is 0. The quantitative estimate of drug-likeness (QED) is 0.851. The minimum atomic E-state index is 0.108. The summed E-state index contributed by atoms with van der Waals surface area (Å²) in [5.41, 5.74) is 1.27. The van der Waals surface area contributed by atoms with Gasteiger partial charge in [-0.05, 0) is 34.6 Å². The van der Waals surface area contributed by atoms with E-state index in [1.54, 1.807) is 6.33 Å². The van der Waals surface area contributed by atoms with Crippen molar-refractivity contribution in [3.05, 3.63) is 18.1 Å². The molecule has 0 bridgehead atoms. The summed E-state index contributed by atoms with van der Waals surface area (Å²) in [5, 5.41) is 3.47. The molecule has 0 aromatic carbocycles. The van der Waals surface area contributed by atoms with Gasteiger partial charge in [-0.3, -0.25) is 0 Å². The van der Waals surface area contributed by atoms with Gasteiger partial charge in [-0.1, -0.05) is 0 Å². The van der Waals surface area contributed by atoms with Gasteiger partial charge in [-0.25, -0.2) is 9.97 Å². The Morgan fingerprint density at radius 3 is 2.41 bits per heavy atom. The molecule has 17 heavy (non-hydrogen) atoms. The van der Waals surface area contributed by atoms with Gasteiger partial charge in [0.15, 0.2) is 0 Å². The SMILES string of the molecule is CCN(CC)c1ncncc1CNC(C)(C)C. The normalized spacial score (nSPS) is 11.6. The highest BCUT2D eigenvalue weighted by Crippen LogP contribution is 2.16. The van der Waals surface area contributed by atoms with Crippen LogP contribution < -0.4 is 10.2 Å². The Morgan fingerprint density at radius 2 is 1.88 bits per heavy atom. The monoisotopic (exact) mass is 236 g/mol. The number of anilines is 1. The first-order valence-corrected chi connectivity index (χ1v) is 6.26. The summed E-state index contributed by atoms with van der Waals surface area (Å²) in [6.07, 6.45) is 3.52. The van der Waals surface area contributed by atoms with Gasteiger partial charge in [-0.15, -0.1) is 0 Å². The van der Waals surface area contributed by atoms with Gasteiger partial charge in [0, 0.05) is 36.9 Å². The van der Waals surface area contributed by atoms with E-state index in [-0.39, 0.29) is 5.54 Å². The molecule has 1 rings (SSSR count). The maximum absolute atomic E-state index is 4.40. The molecule has 1 N–H and O–H groups in total. The molecule has 0 atom stereocenters. The zero-order chi connectivity index (χ0) is 12.9. The highest BCUT2D eigenvalue weighted by atomic mass is 15.2. The Bertz CT molecular complexity index is 340. The number of hydrogen-bond donors (Lipinski definition) is 1. The smallest absolute Gasteiger partial charge is 0.136 e. The predicted molar refractivity (Wildman–Crippen MR) is 72.2 cm³/mol. The first-order valence-electron chi connectivity index (χ1n) is 6.26. The van der Waals surface area contributed by atoms with E-state index in [0.717, 1.165) is 31.0 Å². The molecule has 0 amide bonds. The standard InChI is InChI=1S/C13H24N4/c1-6-17(7-2)12-11(8-14-10-15-12)9-16-13(3,4)5/h8,10,16H,6-7,9H2,1-5H3. The lowest BCUT2D eigenvalue weighted by molar-refractivity contribution is 0.423. The zero-order valence-electron chi connectivity index (χ0n) is 11.6. The van der Waals surface area contributed by atoms with Crippen molar-refractivity contribution in [3.8, 4) is 0 Å². The van der Waals surface area contributed by atoms with Crippen LogP contribution in [0.4, 0.5) is 5.82 Å². The van der Waals surface area contributed by atoms with Crippen molar-refractivity contribution in [2.45, 2.75) is 46.7 Å². The average Bonchev–Trinajstić information content (AvgIpc) is 2.28. The molecule has 1 aromatic heterocycles. The molecule has 0 unspecified atom stereocenters. The van der Waals surface area contributed by atoms with Crippen molar-refractivity contribution >= 4 is 5.82 Å². The third kappa shape index (κ3) is 4.30. The summed E-state index contributed by atoms with van der Waals surface area (Å²) < 4.78 is 0. The number of nitrogens with zero attached hydrogens (tertiary/aromatic N) is 3. The van der Waals surface area contributed by atoms with E-state index in [0.29, 0.717) is 0 Å². The molecule has 4 heteroatoms. The minimum absolute atomic E-state index is 0.108. The van der Waals surface area contributed by atoms with Gasteiger partial charge >= 0.3 is 0 Å². The van der Waals surface area contributed by atoms with E-state index in [1.807, 2.05) is 6.20 Å². The largest absolute Gasteiger partial charge is 0.357 e. The van der Waals surface area contributed by atoms with E-state index >= 15 is 0 Å². The van der Waals surface area contributed by atoms with Crippen molar-refractivity contribution in [1.82, 2.24) is 15.3 Å². The lowest BCUT2D eigenvalue weighted by Gasteiger charge is -2.25. The minimum Gasteiger partial charge on any atom is -0.357 e. The third-order valence-electron chi connectivity index (χ3n) is 2.64. The van der Waals surface area contributed by atoms with Crippen molar-refractivity contribution in [2.24, 2.45) is 0 Å². The summed E-state index contributed by atoms with van der Waals surface area (Å²) in [5.74, 6) is 1.04. The molecule has 0 radical (unpaired) electrons. The van der Waals surface area contributed by atoms with Crippen LogP contribution in [-0.4, -0.2) is 28.6 Å². The fourth-order valence-corrected chi connectivity index (χ4v) is 1.64. The maximum Gasteiger partial charge on any atom is 0.136 e. The van der Waals surface area contributed by atoms with Gasteiger partial charge in [0.1, 0.15) is 12.1 Å². The van der Waals surface area contributed by atoms with Gasteiger partial charge in [0.2, 0.25) is 0 Å². The van der Waals surface area contributed by atoms with Gasteiger partial charge in [0.25, 0.3) is 0 Å². The Morgan fingerprint density at radius 1 is 1.24 bits per heavy atom. The predicted octanol–water partition coefficient (Wildman–Crippen LogP) is 2.21. The highest BCUT2D eigenvalue weighted by molar-refractivity contribution is 5.45. The molecule has 1 aromatic rings. The fourth-order valence-electron chi connectivity index (χ4n) is 1.64. The molecule has 0 saturated heterocycles. The lowest BCUT2D eigenvalue weighted by Crippen LogP contribution is -2.36. The molecule has 0 fully saturated rings. The molecule has 0 saturated carbocycles. The lowest BCUT2D eigenvalue weighted by atomic mass is 10.1. The van der Waals surface area contributed by atoms with E-state index < -0.39 is 0 Å². The van der Waals surface area contributed by atoms with E-state index in [1.165, 1.54) is 0 Å². The van der Waals surface area contributed by atoms with Crippen molar-refractivity contribution in [1.29, 1.82) is 0 Å². The molecular weight excluding hydrogens is 212 g/mol. The van der Waals surface area contributed by atoms with Crippen LogP contribution in [0.15, 0.2) is 12.5 Å². The Balaban J connectivity index is 2.84. The second-order valence-electron chi connectivity index (χ2n) is 5.15. The molecule has 4 nitrogen and oxygen atoms in total. The summed E-state index contributed by atoms with van der Waals surface area (Å²) in [7, 11) is 0. The molecule has 96 valence electrons. The van der Waals surface area contributed by atoms with Crippen LogP contribution in [-0.2, 0) is 6.54 Å². The Hall–Kier alpha value is -1.16. The van der Waals surface area contributed by atoms with Crippen LogP contribution in [0.2, 0.25) is 0 Å². The molecule has 0 spiro atoms. The van der Waals surface area contributed by atoms with Crippen LogP contribution >= 0.6 is 0 Å². The van der Waals surface area contributed by atoms with Crippen molar-refractivity contribution < 1.29 is 0 Å². The van der Waals surface area contributed by atoms with Crippen LogP contribution in [0.1, 0.15) is 40.2 Å².